The van der Waals surface area contributed by atoms with Crippen LogP contribution in [0.2, 0.25) is 0 Å². The Labute approximate surface area is 187 Å². The lowest BCUT2D eigenvalue weighted by atomic mass is 9.96. The maximum absolute atomic E-state index is 13.1. The third kappa shape index (κ3) is 4.95. The number of fused-ring (bicyclic) bond motifs is 1. The highest BCUT2D eigenvalue weighted by Crippen LogP contribution is 2.32. The average Bonchev–Trinajstić information content (AvgIpc) is 3.37. The van der Waals surface area contributed by atoms with E-state index in [4.69, 9.17) is 23.7 Å². The number of sulfonamides is 1. The molecule has 178 valence electrons. The van der Waals surface area contributed by atoms with E-state index in [1.165, 1.54) is 32.8 Å². The van der Waals surface area contributed by atoms with E-state index in [0.717, 1.165) is 25.7 Å². The molecule has 2 heterocycles. The third-order valence-electron chi connectivity index (χ3n) is 6.16. The van der Waals surface area contributed by atoms with Gasteiger partial charge in [0.1, 0.15) is 28.6 Å². The number of methoxy groups -OCH3 is 2. The van der Waals surface area contributed by atoms with Gasteiger partial charge in [0.15, 0.2) is 6.10 Å². The number of ether oxygens (including phenoxy) is 5. The number of carbonyl (C=O) groups excluding carboxylic acids is 1. The Morgan fingerprint density at radius 3 is 2.50 bits per heavy atom. The highest BCUT2D eigenvalue weighted by molar-refractivity contribution is 7.89. The number of nitrogens with one attached hydrogen (secondary N) is 2. The molecule has 1 aliphatic carbocycles. The second-order valence-corrected chi connectivity index (χ2v) is 9.95. The molecule has 4 atom stereocenters. The zero-order valence-corrected chi connectivity index (χ0v) is 19.1. The van der Waals surface area contributed by atoms with Crippen molar-refractivity contribution in [2.24, 2.45) is 0 Å². The first-order valence-corrected chi connectivity index (χ1v) is 12.3. The van der Waals surface area contributed by atoms with Crippen molar-refractivity contribution in [3.8, 4) is 11.5 Å². The fourth-order valence-electron chi connectivity index (χ4n) is 4.51. The van der Waals surface area contributed by atoms with E-state index in [-0.39, 0.29) is 29.9 Å². The van der Waals surface area contributed by atoms with Crippen molar-refractivity contribution in [1.82, 2.24) is 10.0 Å². The smallest absolute Gasteiger partial charge is 0.407 e. The summed E-state index contributed by atoms with van der Waals surface area (Å²) in [5, 5.41) is 2.91. The molecule has 1 saturated carbocycles. The second kappa shape index (κ2) is 9.82. The molecule has 2 saturated heterocycles. The Morgan fingerprint density at radius 2 is 1.78 bits per heavy atom. The number of carbonyl (C=O) groups is 1. The second-order valence-electron chi connectivity index (χ2n) is 8.26. The highest BCUT2D eigenvalue weighted by Gasteiger charge is 2.50. The van der Waals surface area contributed by atoms with E-state index in [2.05, 4.69) is 10.0 Å². The Hall–Kier alpha value is -2.08. The summed E-state index contributed by atoms with van der Waals surface area (Å²) in [5.74, 6) is 0.586. The van der Waals surface area contributed by atoms with Crippen LogP contribution < -0.4 is 19.5 Å². The van der Waals surface area contributed by atoms with Crippen LogP contribution in [0.4, 0.5) is 4.79 Å². The molecular formula is C21H30N2O8S. The van der Waals surface area contributed by atoms with Crippen LogP contribution in [0.1, 0.15) is 32.1 Å². The molecule has 1 aromatic carbocycles. The lowest BCUT2D eigenvalue weighted by molar-refractivity contribution is 0.00281. The van der Waals surface area contributed by atoms with Crippen LogP contribution in [-0.2, 0) is 24.2 Å². The molecule has 4 rings (SSSR count). The quantitative estimate of drug-likeness (QED) is 0.616. The van der Waals surface area contributed by atoms with Crippen LogP contribution in [0.15, 0.2) is 23.1 Å². The zero-order valence-electron chi connectivity index (χ0n) is 18.2. The van der Waals surface area contributed by atoms with Crippen molar-refractivity contribution in [3.05, 3.63) is 18.2 Å². The molecule has 1 aromatic rings. The maximum atomic E-state index is 13.1. The Balaban J connectivity index is 1.38. The molecule has 32 heavy (non-hydrogen) atoms. The molecule has 0 bridgehead atoms. The molecule has 0 unspecified atom stereocenters. The van der Waals surface area contributed by atoms with E-state index >= 15 is 0 Å². The number of rotatable bonds is 7. The minimum atomic E-state index is -3.95. The summed E-state index contributed by atoms with van der Waals surface area (Å²) in [6.07, 6.45) is 3.13. The van der Waals surface area contributed by atoms with Gasteiger partial charge in [0.25, 0.3) is 0 Å². The van der Waals surface area contributed by atoms with E-state index in [9.17, 15) is 13.2 Å². The minimum absolute atomic E-state index is 0.0412. The Morgan fingerprint density at radius 1 is 1.03 bits per heavy atom. The van der Waals surface area contributed by atoms with Crippen molar-refractivity contribution in [3.63, 3.8) is 0 Å². The standard InChI is InChI=1S/C21H30N2O8S/c1-27-14-8-9-16(28-2)18(10-14)32(25,26)23-15-11-29-20-17(12-30-19(15)20)31-21(24)22-13-6-4-3-5-7-13/h8-10,13,15,17,19-20,23H,3-7,11-12H2,1-2H3,(H,22,24)/t15-,17+,19+,20+/m0/s1. The molecule has 0 aromatic heterocycles. The number of amides is 1. The molecule has 2 N–H and O–H groups in total. The van der Waals surface area contributed by atoms with Crippen molar-refractivity contribution in [2.75, 3.05) is 27.4 Å². The lowest BCUT2D eigenvalue weighted by Gasteiger charge is -2.24. The number of hydrogen-bond acceptors (Lipinski definition) is 8. The summed E-state index contributed by atoms with van der Waals surface area (Å²) >= 11 is 0. The summed E-state index contributed by atoms with van der Waals surface area (Å²) in [7, 11) is -1.10. The number of alkyl carbamates (subject to hydrolysis) is 1. The van der Waals surface area contributed by atoms with Crippen LogP contribution in [0.5, 0.6) is 11.5 Å². The average molecular weight is 471 g/mol. The van der Waals surface area contributed by atoms with E-state index < -0.39 is 40.5 Å². The first kappa shape index (κ1) is 23.1. The monoisotopic (exact) mass is 470 g/mol. The maximum Gasteiger partial charge on any atom is 0.407 e. The molecule has 0 spiro atoms. The normalized spacial score (nSPS) is 28.2. The van der Waals surface area contributed by atoms with Crippen LogP contribution in [0.3, 0.4) is 0 Å². The van der Waals surface area contributed by atoms with Crippen molar-refractivity contribution in [1.29, 1.82) is 0 Å². The molecule has 11 heteroatoms. The van der Waals surface area contributed by atoms with Crippen molar-refractivity contribution >= 4 is 16.1 Å². The fraction of sp³-hybridized carbons (Fsp3) is 0.667. The summed E-state index contributed by atoms with van der Waals surface area (Å²) in [4.78, 5) is 12.3. The summed E-state index contributed by atoms with van der Waals surface area (Å²) in [5.41, 5.74) is 0. The van der Waals surface area contributed by atoms with Crippen molar-refractivity contribution in [2.45, 2.75) is 67.4 Å². The molecular weight excluding hydrogens is 440 g/mol. The summed E-state index contributed by atoms with van der Waals surface area (Å²) < 4.78 is 56.2. The van der Waals surface area contributed by atoms with Crippen LogP contribution >= 0.6 is 0 Å². The number of benzene rings is 1. The first-order valence-electron chi connectivity index (χ1n) is 10.9. The topological polar surface area (TPSA) is 121 Å². The lowest BCUT2D eigenvalue weighted by Crippen LogP contribution is -2.45. The van der Waals surface area contributed by atoms with Gasteiger partial charge in [-0.15, -0.1) is 0 Å². The predicted molar refractivity (Wildman–Crippen MR) is 113 cm³/mol. The summed E-state index contributed by atoms with van der Waals surface area (Å²) in [6.45, 7) is 0.249. The van der Waals surface area contributed by atoms with E-state index in [1.807, 2.05) is 0 Å². The predicted octanol–water partition coefficient (Wildman–Crippen LogP) is 1.58. The summed E-state index contributed by atoms with van der Waals surface area (Å²) in [6, 6.07) is 4.05. The molecule has 1 amide bonds. The van der Waals surface area contributed by atoms with Gasteiger partial charge >= 0.3 is 6.09 Å². The van der Waals surface area contributed by atoms with Crippen LogP contribution in [-0.4, -0.2) is 72.3 Å². The largest absolute Gasteiger partial charge is 0.497 e. The van der Waals surface area contributed by atoms with E-state index in [0.29, 0.717) is 5.75 Å². The first-order chi connectivity index (χ1) is 15.4. The molecule has 2 aliphatic heterocycles. The van der Waals surface area contributed by atoms with Gasteiger partial charge in [-0.05, 0) is 25.0 Å². The van der Waals surface area contributed by atoms with Crippen LogP contribution in [0.25, 0.3) is 0 Å². The fourth-order valence-corrected chi connectivity index (χ4v) is 5.92. The minimum Gasteiger partial charge on any atom is -0.497 e. The van der Waals surface area contributed by atoms with Gasteiger partial charge in [-0.3, -0.25) is 0 Å². The van der Waals surface area contributed by atoms with Gasteiger partial charge in [-0.1, -0.05) is 19.3 Å². The zero-order chi connectivity index (χ0) is 22.7. The van der Waals surface area contributed by atoms with Crippen LogP contribution in [0, 0.1) is 0 Å². The molecule has 10 nitrogen and oxygen atoms in total. The van der Waals surface area contributed by atoms with Gasteiger partial charge in [-0.25, -0.2) is 17.9 Å². The van der Waals surface area contributed by atoms with Gasteiger partial charge in [0.2, 0.25) is 10.0 Å². The third-order valence-corrected chi connectivity index (χ3v) is 7.67. The Kier molecular flexibility index (Phi) is 7.08. The molecule has 3 aliphatic rings. The molecule has 0 radical (unpaired) electrons. The van der Waals surface area contributed by atoms with Gasteiger partial charge in [0, 0.05) is 12.1 Å². The van der Waals surface area contributed by atoms with Crippen molar-refractivity contribution < 1.29 is 36.9 Å². The number of hydrogen-bond donors (Lipinski definition) is 2. The van der Waals surface area contributed by atoms with Gasteiger partial charge in [0.05, 0.1) is 33.5 Å². The Bertz CT molecular complexity index is 918. The van der Waals surface area contributed by atoms with Gasteiger partial charge in [-0.2, -0.15) is 0 Å². The molecule has 3 fully saturated rings. The SMILES string of the molecule is COc1ccc(OC)c(S(=O)(=O)N[C@H]2CO[C@H]3[C@@H]2OC[C@H]3OC(=O)NC2CCCCC2)c1. The highest BCUT2D eigenvalue weighted by atomic mass is 32.2. The van der Waals surface area contributed by atoms with E-state index in [1.54, 1.807) is 6.07 Å². The van der Waals surface area contributed by atoms with Gasteiger partial charge < -0.3 is 29.0 Å².